The van der Waals surface area contributed by atoms with Crippen molar-refractivity contribution < 1.29 is 9.49 Å². The highest BCUT2D eigenvalue weighted by Crippen LogP contribution is 2.11. The molecule has 0 aliphatic carbocycles. The highest BCUT2D eigenvalue weighted by molar-refractivity contribution is 5.24. The van der Waals surface area contributed by atoms with Crippen molar-refractivity contribution >= 4 is 5.82 Å². The van der Waals surface area contributed by atoms with Crippen LogP contribution in [-0.4, -0.2) is 24.3 Å². The molecule has 0 aliphatic heterocycles. The first-order chi connectivity index (χ1) is 7.08. The van der Waals surface area contributed by atoms with Gasteiger partial charge in [0, 0.05) is 17.1 Å². The first-order valence-corrected chi connectivity index (χ1v) is 4.16. The summed E-state index contributed by atoms with van der Waals surface area (Å²) in [7, 11) is 3.48. The van der Waals surface area contributed by atoms with Gasteiger partial charge in [-0.2, -0.15) is 0 Å². The van der Waals surface area contributed by atoms with Gasteiger partial charge < -0.3 is 10.1 Å². The molecule has 2 rings (SSSR count). The minimum absolute atomic E-state index is 0.189. The van der Waals surface area contributed by atoms with Gasteiger partial charge in [0.25, 0.3) is 6.33 Å². The number of rotatable bonds is 2. The van der Waals surface area contributed by atoms with Gasteiger partial charge in [-0.25, -0.2) is 4.57 Å². The van der Waals surface area contributed by atoms with E-state index in [1.807, 2.05) is 0 Å². The van der Waals surface area contributed by atoms with Gasteiger partial charge >= 0.3 is 11.8 Å². The summed E-state index contributed by atoms with van der Waals surface area (Å²) in [5, 5.41) is 14.5. The van der Waals surface area contributed by atoms with Crippen LogP contribution in [0.25, 0.3) is 5.95 Å². The summed E-state index contributed by atoms with van der Waals surface area (Å²) in [5.41, 5.74) is 0. The van der Waals surface area contributed by atoms with Gasteiger partial charge in [0.05, 0.1) is 7.05 Å². The van der Waals surface area contributed by atoms with Crippen LogP contribution in [0.15, 0.2) is 18.9 Å². The molecule has 0 amide bonds. The molecule has 2 heterocycles. The molecule has 2 aromatic rings. The van der Waals surface area contributed by atoms with E-state index in [9.17, 15) is 10.1 Å². The summed E-state index contributed by atoms with van der Waals surface area (Å²) < 4.78 is 4.73. The first kappa shape index (κ1) is 9.31. The molecular weight excluding hydrogens is 200 g/mol. The lowest BCUT2D eigenvalue weighted by molar-refractivity contribution is -0.672. The molecule has 0 spiro atoms. The van der Waals surface area contributed by atoms with E-state index in [4.69, 9.17) is 0 Å². The van der Waals surface area contributed by atoms with Crippen molar-refractivity contribution in [2.75, 3.05) is 0 Å². The summed E-state index contributed by atoms with van der Waals surface area (Å²) in [6.45, 7) is 0. The van der Waals surface area contributed by atoms with Crippen LogP contribution in [0.5, 0.6) is 0 Å². The van der Waals surface area contributed by atoms with Crippen molar-refractivity contribution in [2.24, 2.45) is 14.1 Å². The average Bonchev–Trinajstić information content (AvgIpc) is 2.71. The fraction of sp³-hybridized carbons (Fsp3) is 0.286. The summed E-state index contributed by atoms with van der Waals surface area (Å²) >= 11 is 0. The van der Waals surface area contributed by atoms with Crippen molar-refractivity contribution in [3.8, 4) is 5.95 Å². The quantitative estimate of drug-likeness (QED) is 0.373. The molecule has 2 aromatic heterocycles. The minimum Gasteiger partial charge on any atom is -0.358 e. The number of aryl methyl sites for hydroxylation is 2. The number of hydrogen-bond donors (Lipinski definition) is 0. The molecule has 0 atom stereocenters. The van der Waals surface area contributed by atoms with Gasteiger partial charge in [-0.05, 0) is 9.61 Å². The topological polar surface area (TPSA) is 82.7 Å². The molecule has 8 heteroatoms. The SMILES string of the molecule is Cn1cc([N+](=O)[O-])nc1-n1c[n+](C)cn1. The maximum atomic E-state index is 10.5. The molecule has 0 radical (unpaired) electrons. The Kier molecular flexibility index (Phi) is 1.96. The normalized spacial score (nSPS) is 10.5. The zero-order valence-electron chi connectivity index (χ0n) is 8.23. The third kappa shape index (κ3) is 1.56. The Morgan fingerprint density at radius 2 is 2.33 bits per heavy atom. The van der Waals surface area contributed by atoms with E-state index in [2.05, 4.69) is 10.1 Å². The third-order valence-electron chi connectivity index (χ3n) is 1.88. The zero-order chi connectivity index (χ0) is 11.0. The molecule has 0 bridgehead atoms. The van der Waals surface area contributed by atoms with Gasteiger partial charge in [-0.15, -0.1) is 0 Å². The Hall–Kier alpha value is -2.25. The molecule has 0 fully saturated rings. The highest BCUT2D eigenvalue weighted by atomic mass is 16.6. The summed E-state index contributed by atoms with van der Waals surface area (Å²) in [5.74, 6) is 0.216. The van der Waals surface area contributed by atoms with E-state index >= 15 is 0 Å². The van der Waals surface area contributed by atoms with Crippen LogP contribution < -0.4 is 4.57 Å². The van der Waals surface area contributed by atoms with E-state index < -0.39 is 4.92 Å². The van der Waals surface area contributed by atoms with E-state index in [0.717, 1.165) is 0 Å². The predicted molar refractivity (Wildman–Crippen MR) is 48.2 cm³/mol. The van der Waals surface area contributed by atoms with E-state index in [1.165, 1.54) is 10.9 Å². The van der Waals surface area contributed by atoms with Crippen LogP contribution in [0.2, 0.25) is 0 Å². The Balaban J connectivity index is 2.49. The molecule has 0 unspecified atom stereocenters. The van der Waals surface area contributed by atoms with Crippen LogP contribution >= 0.6 is 0 Å². The lowest BCUT2D eigenvalue weighted by Crippen LogP contribution is -2.23. The van der Waals surface area contributed by atoms with Crippen molar-refractivity contribution in [1.82, 2.24) is 19.3 Å². The van der Waals surface area contributed by atoms with Crippen LogP contribution in [0, 0.1) is 10.1 Å². The van der Waals surface area contributed by atoms with Gasteiger partial charge in [0.1, 0.15) is 6.20 Å². The van der Waals surface area contributed by atoms with Gasteiger partial charge in [-0.3, -0.25) is 4.57 Å². The molecular formula is C7H9N6O2+. The average molecular weight is 209 g/mol. The Morgan fingerprint density at radius 3 is 2.80 bits per heavy atom. The lowest BCUT2D eigenvalue weighted by atomic mass is 10.8. The standard InChI is InChI=1S/C7H9N6O2/c1-10-4-8-12(5-10)7-9-6(13(14)15)3-11(7)2/h3-5H,1-2H3/q+1. The monoisotopic (exact) mass is 209 g/mol. The maximum absolute atomic E-state index is 10.5. The number of hydrogen-bond acceptors (Lipinski definition) is 4. The fourth-order valence-corrected chi connectivity index (χ4v) is 1.21. The van der Waals surface area contributed by atoms with Gasteiger partial charge in [-0.1, -0.05) is 0 Å². The summed E-state index contributed by atoms with van der Waals surface area (Å²) in [6, 6.07) is 0. The smallest absolute Gasteiger partial charge is 0.358 e. The number of aromatic nitrogens is 5. The summed E-state index contributed by atoms with van der Waals surface area (Å²) in [4.78, 5) is 13.8. The number of nitro groups is 1. The molecule has 15 heavy (non-hydrogen) atoms. The van der Waals surface area contributed by atoms with Crippen LogP contribution in [-0.2, 0) is 14.1 Å². The van der Waals surface area contributed by atoms with E-state index in [-0.39, 0.29) is 5.82 Å². The number of nitrogens with zero attached hydrogens (tertiary/aromatic N) is 6. The molecule has 0 N–H and O–H groups in total. The third-order valence-corrected chi connectivity index (χ3v) is 1.88. The maximum Gasteiger partial charge on any atom is 0.421 e. The van der Waals surface area contributed by atoms with Crippen LogP contribution in [0.3, 0.4) is 0 Å². The van der Waals surface area contributed by atoms with Gasteiger partial charge in [0.2, 0.25) is 6.33 Å². The van der Waals surface area contributed by atoms with E-state index in [1.54, 1.807) is 35.9 Å². The summed E-state index contributed by atoms with van der Waals surface area (Å²) in [6.07, 6.45) is 4.60. The second-order valence-corrected chi connectivity index (χ2v) is 3.12. The minimum atomic E-state index is -0.535. The van der Waals surface area contributed by atoms with Gasteiger partial charge in [0.15, 0.2) is 0 Å². The highest BCUT2D eigenvalue weighted by Gasteiger charge is 2.23. The predicted octanol–water partition coefficient (Wildman–Crippen LogP) is -0.662. The molecule has 0 aromatic carbocycles. The lowest BCUT2D eigenvalue weighted by Gasteiger charge is -1.85. The molecule has 0 saturated heterocycles. The Morgan fingerprint density at radius 1 is 1.60 bits per heavy atom. The fourth-order valence-electron chi connectivity index (χ4n) is 1.21. The van der Waals surface area contributed by atoms with Crippen molar-refractivity contribution in [2.45, 2.75) is 0 Å². The van der Waals surface area contributed by atoms with Crippen molar-refractivity contribution in [1.29, 1.82) is 0 Å². The molecule has 78 valence electrons. The largest absolute Gasteiger partial charge is 0.421 e. The van der Waals surface area contributed by atoms with Crippen LogP contribution in [0.4, 0.5) is 5.82 Å². The second kappa shape index (κ2) is 3.15. The Labute approximate surface area is 84.5 Å². The van der Waals surface area contributed by atoms with Crippen molar-refractivity contribution in [3.05, 3.63) is 29.0 Å². The van der Waals surface area contributed by atoms with Crippen LogP contribution in [0.1, 0.15) is 0 Å². The Bertz CT molecular complexity index is 513. The molecule has 0 saturated carbocycles. The second-order valence-electron chi connectivity index (χ2n) is 3.12. The first-order valence-electron chi connectivity index (χ1n) is 4.16. The van der Waals surface area contributed by atoms with E-state index in [0.29, 0.717) is 5.95 Å². The molecule has 8 nitrogen and oxygen atoms in total. The molecule has 0 aliphatic rings. The number of imidazole rings is 1. The van der Waals surface area contributed by atoms with Crippen molar-refractivity contribution in [3.63, 3.8) is 0 Å². The zero-order valence-corrected chi connectivity index (χ0v) is 8.23.